The van der Waals surface area contributed by atoms with Crippen molar-refractivity contribution in [3.8, 4) is 0 Å². The number of rotatable bonds is 6. The zero-order valence-corrected chi connectivity index (χ0v) is 13.6. The van der Waals surface area contributed by atoms with Gasteiger partial charge in [-0.3, -0.25) is 4.79 Å². The van der Waals surface area contributed by atoms with Gasteiger partial charge in [0, 0.05) is 24.9 Å². The van der Waals surface area contributed by atoms with E-state index >= 15 is 0 Å². The van der Waals surface area contributed by atoms with E-state index in [1.165, 1.54) is 24.3 Å². The minimum atomic E-state index is -3.27. The first-order valence-corrected chi connectivity index (χ1v) is 8.36. The maximum absolute atomic E-state index is 12.0. The largest absolute Gasteiger partial charge is 0.387 e. The first-order valence-electron chi connectivity index (χ1n) is 6.47. The molecule has 0 spiro atoms. The van der Waals surface area contributed by atoms with E-state index in [0.29, 0.717) is 12.1 Å². The lowest BCUT2D eigenvalue weighted by atomic mass is 10.1. The third kappa shape index (κ3) is 5.82. The van der Waals surface area contributed by atoms with Crippen molar-refractivity contribution in [2.24, 2.45) is 0 Å². The summed E-state index contributed by atoms with van der Waals surface area (Å²) in [4.78, 5) is 13.9. The number of hydrogen-bond donors (Lipinski definition) is 2. The van der Waals surface area contributed by atoms with Crippen LogP contribution >= 0.6 is 0 Å². The maximum atomic E-state index is 12.0. The van der Waals surface area contributed by atoms with Crippen molar-refractivity contribution in [2.75, 3.05) is 33.4 Å². The van der Waals surface area contributed by atoms with Crippen molar-refractivity contribution in [2.45, 2.75) is 17.4 Å². The number of nitrogens with one attached hydrogen (secondary N) is 1. The third-order valence-electron chi connectivity index (χ3n) is 2.83. The number of aliphatic hydroxyl groups is 1. The molecule has 1 unspecified atom stereocenters. The van der Waals surface area contributed by atoms with Gasteiger partial charge in [-0.1, -0.05) is 0 Å². The van der Waals surface area contributed by atoms with Crippen LogP contribution in [0.15, 0.2) is 29.2 Å². The average molecular weight is 314 g/mol. The zero-order chi connectivity index (χ0) is 16.3. The van der Waals surface area contributed by atoms with Crippen molar-refractivity contribution in [3.63, 3.8) is 0 Å². The average Bonchev–Trinajstić information content (AvgIpc) is 2.33. The van der Waals surface area contributed by atoms with Crippen LogP contribution in [0.1, 0.15) is 17.3 Å². The molecule has 0 saturated heterocycles. The summed E-state index contributed by atoms with van der Waals surface area (Å²) in [5.41, 5.74) is -0.686. The van der Waals surface area contributed by atoms with Gasteiger partial charge in [-0.15, -0.1) is 0 Å². The molecule has 0 fully saturated rings. The Hall–Kier alpha value is -1.44. The summed E-state index contributed by atoms with van der Waals surface area (Å²) in [5.74, 6) is -0.353. The molecule has 0 radical (unpaired) electrons. The lowest BCUT2D eigenvalue weighted by molar-refractivity contribution is 0.0326. The molecule has 0 heterocycles. The standard InChI is InChI=1S/C14H22N2O4S/c1-14(18,10-16(2)3)9-15-13(17)11-5-7-12(8-6-11)21(4,19)20/h5-8,18H,9-10H2,1-4H3,(H,15,17). The van der Waals surface area contributed by atoms with Crippen LogP contribution in [0, 0.1) is 0 Å². The van der Waals surface area contributed by atoms with E-state index in [4.69, 9.17) is 0 Å². The molecule has 1 rings (SSSR count). The fourth-order valence-electron chi connectivity index (χ4n) is 1.96. The molecule has 2 N–H and O–H groups in total. The molecule has 0 saturated carbocycles. The third-order valence-corrected chi connectivity index (χ3v) is 3.96. The number of amides is 1. The fraction of sp³-hybridized carbons (Fsp3) is 0.500. The van der Waals surface area contributed by atoms with Crippen molar-refractivity contribution < 1.29 is 18.3 Å². The molecule has 118 valence electrons. The highest BCUT2D eigenvalue weighted by atomic mass is 32.2. The van der Waals surface area contributed by atoms with Crippen molar-refractivity contribution in [3.05, 3.63) is 29.8 Å². The van der Waals surface area contributed by atoms with Gasteiger partial charge in [-0.2, -0.15) is 0 Å². The van der Waals surface area contributed by atoms with E-state index in [9.17, 15) is 18.3 Å². The maximum Gasteiger partial charge on any atom is 0.251 e. The van der Waals surface area contributed by atoms with Crippen molar-refractivity contribution in [1.29, 1.82) is 0 Å². The van der Waals surface area contributed by atoms with E-state index in [1.54, 1.807) is 6.92 Å². The number of likely N-dealkylation sites (N-methyl/N-ethyl adjacent to an activating group) is 1. The van der Waals surface area contributed by atoms with Crippen LogP contribution in [0.5, 0.6) is 0 Å². The van der Waals surface area contributed by atoms with E-state index in [0.717, 1.165) is 6.26 Å². The summed E-state index contributed by atoms with van der Waals surface area (Å²) in [6.07, 6.45) is 1.11. The van der Waals surface area contributed by atoms with E-state index in [2.05, 4.69) is 5.32 Å². The van der Waals surface area contributed by atoms with Gasteiger partial charge in [-0.25, -0.2) is 8.42 Å². The van der Waals surface area contributed by atoms with Crippen LogP contribution in [0.2, 0.25) is 0 Å². The van der Waals surface area contributed by atoms with E-state index < -0.39 is 15.4 Å². The van der Waals surface area contributed by atoms with Gasteiger partial charge in [0.25, 0.3) is 5.91 Å². The Kier molecular flexibility index (Phi) is 5.49. The molecular weight excluding hydrogens is 292 g/mol. The second-order valence-corrected chi connectivity index (χ2v) is 7.73. The number of nitrogens with zero attached hydrogens (tertiary/aromatic N) is 1. The Labute approximate surface area is 125 Å². The number of sulfone groups is 1. The molecule has 1 aromatic rings. The molecule has 0 aliphatic rings. The SMILES string of the molecule is CN(C)CC(C)(O)CNC(=O)c1ccc(S(C)(=O)=O)cc1. The summed E-state index contributed by atoms with van der Waals surface area (Å²) in [6.45, 7) is 2.16. The summed E-state index contributed by atoms with van der Waals surface area (Å²) in [5, 5.41) is 12.7. The molecule has 0 bridgehead atoms. The number of carbonyl (C=O) groups excluding carboxylic acids is 1. The summed E-state index contributed by atoms with van der Waals surface area (Å²) in [6, 6.07) is 5.68. The van der Waals surface area contributed by atoms with Gasteiger partial charge in [0.2, 0.25) is 0 Å². The normalized spacial score (nSPS) is 14.8. The molecule has 1 aromatic carbocycles. The van der Waals surface area contributed by atoms with Gasteiger partial charge in [0.05, 0.1) is 10.5 Å². The summed E-state index contributed by atoms with van der Waals surface area (Å²) in [7, 11) is 0.396. The molecule has 21 heavy (non-hydrogen) atoms. The fourth-order valence-corrected chi connectivity index (χ4v) is 2.59. The Morgan fingerprint density at radius 1 is 1.29 bits per heavy atom. The zero-order valence-electron chi connectivity index (χ0n) is 12.8. The monoisotopic (exact) mass is 314 g/mol. The Morgan fingerprint density at radius 2 is 1.81 bits per heavy atom. The lowest BCUT2D eigenvalue weighted by Crippen LogP contribution is -2.47. The highest BCUT2D eigenvalue weighted by Gasteiger charge is 2.22. The predicted octanol–water partition coefficient (Wildman–Crippen LogP) is 0.133. The summed E-state index contributed by atoms with van der Waals surface area (Å²) >= 11 is 0. The minimum Gasteiger partial charge on any atom is -0.387 e. The Bertz CT molecular complexity index is 592. The van der Waals surface area contributed by atoms with Crippen molar-refractivity contribution >= 4 is 15.7 Å². The van der Waals surface area contributed by atoms with Crippen LogP contribution in [0.3, 0.4) is 0 Å². The quantitative estimate of drug-likeness (QED) is 0.779. The number of carbonyl (C=O) groups is 1. The van der Waals surface area contributed by atoms with Gasteiger partial charge in [-0.05, 0) is 45.3 Å². The topological polar surface area (TPSA) is 86.7 Å². The first kappa shape index (κ1) is 17.6. The van der Waals surface area contributed by atoms with Crippen LogP contribution in [0.25, 0.3) is 0 Å². The molecule has 0 aliphatic heterocycles. The number of benzene rings is 1. The molecule has 7 heteroatoms. The number of hydrogen-bond acceptors (Lipinski definition) is 5. The molecule has 0 aromatic heterocycles. The molecule has 1 atom stereocenters. The van der Waals surface area contributed by atoms with Crippen LogP contribution in [-0.2, 0) is 9.84 Å². The lowest BCUT2D eigenvalue weighted by Gasteiger charge is -2.27. The second kappa shape index (κ2) is 6.55. The second-order valence-electron chi connectivity index (χ2n) is 5.71. The van der Waals surface area contributed by atoms with Gasteiger partial charge < -0.3 is 15.3 Å². The van der Waals surface area contributed by atoms with E-state index in [1.807, 2.05) is 19.0 Å². The molecule has 0 aliphatic carbocycles. The predicted molar refractivity (Wildman–Crippen MR) is 81.1 cm³/mol. The highest BCUT2D eigenvalue weighted by Crippen LogP contribution is 2.10. The Balaban J connectivity index is 2.69. The van der Waals surface area contributed by atoms with Crippen molar-refractivity contribution in [1.82, 2.24) is 10.2 Å². The van der Waals surface area contributed by atoms with Gasteiger partial charge in [0.1, 0.15) is 0 Å². The molecule has 6 nitrogen and oxygen atoms in total. The van der Waals surface area contributed by atoms with Crippen LogP contribution < -0.4 is 5.32 Å². The first-order chi connectivity index (χ1) is 9.51. The Morgan fingerprint density at radius 3 is 2.24 bits per heavy atom. The molecule has 1 amide bonds. The van der Waals surface area contributed by atoms with Gasteiger partial charge >= 0.3 is 0 Å². The minimum absolute atomic E-state index is 0.109. The van der Waals surface area contributed by atoms with Crippen LogP contribution in [0.4, 0.5) is 0 Å². The van der Waals surface area contributed by atoms with E-state index in [-0.39, 0.29) is 17.3 Å². The molecular formula is C14H22N2O4S. The van der Waals surface area contributed by atoms with Gasteiger partial charge in [0.15, 0.2) is 9.84 Å². The smallest absolute Gasteiger partial charge is 0.251 e. The summed E-state index contributed by atoms with van der Waals surface area (Å²) < 4.78 is 22.7. The van der Waals surface area contributed by atoms with Crippen LogP contribution in [-0.4, -0.2) is 63.4 Å². The highest BCUT2D eigenvalue weighted by molar-refractivity contribution is 7.90.